The van der Waals surface area contributed by atoms with E-state index in [2.05, 4.69) is 17.5 Å². The maximum atomic E-state index is 3.39. The van der Waals surface area contributed by atoms with Gasteiger partial charge in [0.1, 0.15) is 0 Å². The Labute approximate surface area is 55.5 Å². The van der Waals surface area contributed by atoms with E-state index >= 15 is 0 Å². The zero-order valence-electron chi connectivity index (χ0n) is 5.48. The molecule has 2 aliphatic rings. The van der Waals surface area contributed by atoms with Crippen molar-refractivity contribution in [2.75, 3.05) is 6.54 Å². The topological polar surface area (TPSA) is 12.0 Å². The van der Waals surface area contributed by atoms with Gasteiger partial charge in [0.2, 0.25) is 0 Å². The molecular weight excluding hydrogens is 110 g/mol. The Balaban J connectivity index is 2.28. The highest BCUT2D eigenvalue weighted by Gasteiger charge is 2.12. The molecule has 0 atom stereocenters. The molecule has 1 N–H and O–H groups in total. The van der Waals surface area contributed by atoms with Crippen molar-refractivity contribution >= 4 is 0 Å². The Kier molecular flexibility index (Phi) is 1.08. The van der Waals surface area contributed by atoms with E-state index in [-0.39, 0.29) is 0 Å². The van der Waals surface area contributed by atoms with Gasteiger partial charge in [-0.1, -0.05) is 12.2 Å². The van der Waals surface area contributed by atoms with Crippen molar-refractivity contribution in [1.29, 1.82) is 0 Å². The average Bonchev–Trinajstić information content (AvgIpc) is 2.33. The number of rotatable bonds is 0. The van der Waals surface area contributed by atoms with Gasteiger partial charge < -0.3 is 5.32 Å². The first-order chi connectivity index (χ1) is 4.47. The van der Waals surface area contributed by atoms with Crippen LogP contribution in [0.15, 0.2) is 23.4 Å². The van der Waals surface area contributed by atoms with Crippen LogP contribution in [0.3, 0.4) is 0 Å². The lowest BCUT2D eigenvalue weighted by molar-refractivity contribution is 0.812. The predicted octanol–water partition coefficient (Wildman–Crippen LogP) is 1.58. The monoisotopic (exact) mass is 121 g/mol. The van der Waals surface area contributed by atoms with Crippen LogP contribution in [0.5, 0.6) is 0 Å². The molecule has 0 aromatic heterocycles. The molecule has 1 aliphatic heterocycles. The summed E-state index contributed by atoms with van der Waals surface area (Å²) in [6, 6.07) is 0. The molecule has 0 amide bonds. The summed E-state index contributed by atoms with van der Waals surface area (Å²) < 4.78 is 0. The summed E-state index contributed by atoms with van der Waals surface area (Å²) in [5.74, 6) is 0. The lowest BCUT2D eigenvalue weighted by Gasteiger charge is -2.06. The minimum absolute atomic E-state index is 1.16. The fourth-order valence-electron chi connectivity index (χ4n) is 1.50. The first-order valence-electron chi connectivity index (χ1n) is 3.59. The zero-order valence-corrected chi connectivity index (χ0v) is 5.48. The molecule has 1 heterocycles. The third kappa shape index (κ3) is 0.766. The molecule has 0 bridgehead atoms. The third-order valence-electron chi connectivity index (χ3n) is 2.00. The summed E-state index contributed by atoms with van der Waals surface area (Å²) in [5.41, 5.74) is 3.04. The van der Waals surface area contributed by atoms with Gasteiger partial charge in [-0.15, -0.1) is 0 Å². The minimum Gasteiger partial charge on any atom is -0.388 e. The Morgan fingerprint density at radius 3 is 3.22 bits per heavy atom. The predicted molar refractivity (Wildman–Crippen MR) is 38.0 cm³/mol. The molecule has 0 aromatic rings. The van der Waals surface area contributed by atoms with Gasteiger partial charge >= 0.3 is 0 Å². The van der Waals surface area contributed by atoms with Crippen LogP contribution in [-0.2, 0) is 0 Å². The van der Waals surface area contributed by atoms with Gasteiger partial charge in [0, 0.05) is 12.2 Å². The van der Waals surface area contributed by atoms with E-state index in [1.165, 1.54) is 25.0 Å². The molecule has 0 spiro atoms. The molecular formula is C8H11N. The van der Waals surface area contributed by atoms with Gasteiger partial charge in [-0.05, 0) is 24.8 Å². The summed E-state index contributed by atoms with van der Waals surface area (Å²) in [6.07, 6.45) is 8.24. The van der Waals surface area contributed by atoms with Crippen molar-refractivity contribution in [2.45, 2.75) is 19.3 Å². The van der Waals surface area contributed by atoms with Crippen molar-refractivity contribution in [2.24, 2.45) is 0 Å². The molecule has 9 heavy (non-hydrogen) atoms. The van der Waals surface area contributed by atoms with Gasteiger partial charge in [0.25, 0.3) is 0 Å². The Morgan fingerprint density at radius 2 is 2.33 bits per heavy atom. The highest BCUT2D eigenvalue weighted by molar-refractivity contribution is 5.31. The average molecular weight is 121 g/mol. The second-order valence-corrected chi connectivity index (χ2v) is 2.62. The Morgan fingerprint density at radius 1 is 1.33 bits per heavy atom. The number of hydrogen-bond donors (Lipinski definition) is 1. The zero-order chi connectivity index (χ0) is 6.10. The molecule has 0 fully saturated rings. The van der Waals surface area contributed by atoms with Gasteiger partial charge in [-0.3, -0.25) is 0 Å². The van der Waals surface area contributed by atoms with Crippen LogP contribution in [0.2, 0.25) is 0 Å². The second-order valence-electron chi connectivity index (χ2n) is 2.62. The molecule has 1 nitrogen and oxygen atoms in total. The molecule has 0 saturated carbocycles. The molecule has 1 heteroatoms. The molecule has 0 saturated heterocycles. The second kappa shape index (κ2) is 1.90. The highest BCUT2D eigenvalue weighted by atomic mass is 14.9. The summed E-state index contributed by atoms with van der Waals surface area (Å²) in [7, 11) is 0. The number of allylic oxidation sites excluding steroid dienone is 3. The molecule has 0 radical (unpaired) electrons. The van der Waals surface area contributed by atoms with E-state index in [1.54, 1.807) is 5.57 Å². The fraction of sp³-hybridized carbons (Fsp3) is 0.500. The fourth-order valence-corrected chi connectivity index (χ4v) is 1.50. The smallest absolute Gasteiger partial charge is 0.0185 e. The molecule has 0 aromatic carbocycles. The number of nitrogens with one attached hydrogen (secondary N) is 1. The Bertz CT molecular complexity index is 177. The van der Waals surface area contributed by atoms with Gasteiger partial charge in [0.15, 0.2) is 0 Å². The van der Waals surface area contributed by atoms with Crippen LogP contribution in [0, 0.1) is 0 Å². The largest absolute Gasteiger partial charge is 0.388 e. The van der Waals surface area contributed by atoms with Crippen molar-refractivity contribution in [1.82, 2.24) is 5.32 Å². The maximum absolute atomic E-state index is 3.39. The summed E-state index contributed by atoms with van der Waals surface area (Å²) in [6.45, 7) is 1.16. The van der Waals surface area contributed by atoms with Crippen LogP contribution in [0.25, 0.3) is 0 Å². The van der Waals surface area contributed by atoms with Crippen LogP contribution >= 0.6 is 0 Å². The van der Waals surface area contributed by atoms with Crippen molar-refractivity contribution in [3.63, 3.8) is 0 Å². The molecule has 1 aliphatic carbocycles. The number of hydrogen-bond acceptors (Lipinski definition) is 1. The van der Waals surface area contributed by atoms with Crippen LogP contribution in [-0.4, -0.2) is 6.54 Å². The van der Waals surface area contributed by atoms with E-state index < -0.39 is 0 Å². The molecule has 48 valence electrons. The molecule has 0 unspecified atom stereocenters. The maximum Gasteiger partial charge on any atom is 0.0185 e. The third-order valence-corrected chi connectivity index (χ3v) is 2.00. The molecule has 2 rings (SSSR count). The van der Waals surface area contributed by atoms with E-state index in [4.69, 9.17) is 0 Å². The van der Waals surface area contributed by atoms with Gasteiger partial charge in [-0.25, -0.2) is 0 Å². The first-order valence-corrected chi connectivity index (χ1v) is 3.59. The van der Waals surface area contributed by atoms with Crippen LogP contribution in [0.4, 0.5) is 0 Å². The normalized spacial score (nSPS) is 24.0. The van der Waals surface area contributed by atoms with E-state index in [0.29, 0.717) is 0 Å². The van der Waals surface area contributed by atoms with E-state index in [0.717, 1.165) is 6.54 Å². The summed E-state index contributed by atoms with van der Waals surface area (Å²) >= 11 is 0. The summed E-state index contributed by atoms with van der Waals surface area (Å²) in [4.78, 5) is 0. The van der Waals surface area contributed by atoms with Crippen molar-refractivity contribution < 1.29 is 0 Å². The van der Waals surface area contributed by atoms with Gasteiger partial charge in [-0.2, -0.15) is 0 Å². The van der Waals surface area contributed by atoms with E-state index in [9.17, 15) is 0 Å². The van der Waals surface area contributed by atoms with Crippen LogP contribution in [0.1, 0.15) is 19.3 Å². The Hall–Kier alpha value is -0.720. The van der Waals surface area contributed by atoms with Crippen molar-refractivity contribution in [3.05, 3.63) is 23.4 Å². The standard InChI is InChI=1S/C8H11N/c1-2-4-8-7(3-1)5-6-9-8/h1,3,9H,2,4-6H2. The highest BCUT2D eigenvalue weighted by Crippen LogP contribution is 2.22. The quantitative estimate of drug-likeness (QED) is 0.513. The minimum atomic E-state index is 1.16. The lowest BCUT2D eigenvalue weighted by atomic mass is 10.0. The van der Waals surface area contributed by atoms with E-state index in [1.807, 2.05) is 0 Å². The van der Waals surface area contributed by atoms with Crippen molar-refractivity contribution in [3.8, 4) is 0 Å². The lowest BCUT2D eigenvalue weighted by Crippen LogP contribution is -2.07. The first kappa shape index (κ1) is 5.10. The van der Waals surface area contributed by atoms with Gasteiger partial charge in [0.05, 0.1) is 0 Å². The SMILES string of the molecule is C1=CC2=C(CC1)NCC2. The summed E-state index contributed by atoms with van der Waals surface area (Å²) in [5, 5.41) is 3.39. The van der Waals surface area contributed by atoms with Crippen LogP contribution < -0.4 is 5.32 Å².